The van der Waals surface area contributed by atoms with E-state index in [2.05, 4.69) is 5.32 Å². The molecule has 37 heavy (non-hydrogen) atoms. The van der Waals surface area contributed by atoms with Gasteiger partial charge in [-0.1, -0.05) is 6.07 Å². The lowest BCUT2D eigenvalue weighted by molar-refractivity contribution is -0.120. The largest absolute Gasteiger partial charge is 0.496 e. The third kappa shape index (κ3) is 5.43. The smallest absolute Gasteiger partial charge is 0.345 e. The summed E-state index contributed by atoms with van der Waals surface area (Å²) < 4.78 is 35.6. The van der Waals surface area contributed by atoms with Crippen molar-refractivity contribution >= 4 is 29.1 Å². The van der Waals surface area contributed by atoms with Gasteiger partial charge in [0.25, 0.3) is 0 Å². The molecule has 0 unspecified atom stereocenters. The average Bonchev–Trinajstić information content (AvgIpc) is 3.49. The van der Waals surface area contributed by atoms with E-state index in [-0.39, 0.29) is 36.9 Å². The molecule has 1 aromatic heterocycles. The molecule has 192 valence electrons. The number of amides is 1. The highest BCUT2D eigenvalue weighted by molar-refractivity contribution is 6.08. The molecule has 0 radical (unpaired) electrons. The van der Waals surface area contributed by atoms with Crippen molar-refractivity contribution in [3.8, 4) is 11.5 Å². The van der Waals surface area contributed by atoms with Crippen molar-refractivity contribution in [3.05, 3.63) is 88.1 Å². The minimum atomic E-state index is -0.545. The second-order valence-corrected chi connectivity index (χ2v) is 8.41. The van der Waals surface area contributed by atoms with Crippen LogP contribution in [0.15, 0.2) is 58.7 Å². The molecule has 0 saturated carbocycles. The van der Waals surface area contributed by atoms with Gasteiger partial charge in [-0.3, -0.25) is 4.79 Å². The van der Waals surface area contributed by atoms with Gasteiger partial charge in [0, 0.05) is 0 Å². The van der Waals surface area contributed by atoms with Gasteiger partial charge in [0.05, 0.1) is 40.1 Å². The second-order valence-electron chi connectivity index (χ2n) is 8.41. The lowest BCUT2D eigenvalue weighted by atomic mass is 9.99. The molecule has 7 nitrogen and oxygen atoms in total. The van der Waals surface area contributed by atoms with E-state index in [4.69, 9.17) is 18.6 Å². The summed E-state index contributed by atoms with van der Waals surface area (Å²) in [7, 11) is 2.93. The van der Waals surface area contributed by atoms with Crippen LogP contribution in [0.25, 0.3) is 17.2 Å². The molecule has 1 heterocycles. The maximum absolute atomic E-state index is 14.2. The van der Waals surface area contributed by atoms with Crippen molar-refractivity contribution in [1.29, 1.82) is 0 Å². The monoisotopic (exact) mass is 505 g/mol. The molecule has 3 aromatic rings. The fourth-order valence-corrected chi connectivity index (χ4v) is 4.39. The maximum atomic E-state index is 14.2. The summed E-state index contributed by atoms with van der Waals surface area (Å²) in [6.07, 6.45) is 3.53. The van der Waals surface area contributed by atoms with Crippen molar-refractivity contribution in [2.24, 2.45) is 0 Å². The van der Waals surface area contributed by atoms with Crippen molar-refractivity contribution in [2.75, 3.05) is 20.8 Å². The molecule has 4 rings (SSSR count). The summed E-state index contributed by atoms with van der Waals surface area (Å²) in [5.74, 6) is 0.123. The average molecular weight is 506 g/mol. The number of fused-ring (bicyclic) bond motifs is 1. The van der Waals surface area contributed by atoms with Crippen LogP contribution < -0.4 is 14.8 Å². The Morgan fingerprint density at radius 1 is 1.05 bits per heavy atom. The third-order valence-electron chi connectivity index (χ3n) is 6.15. The van der Waals surface area contributed by atoms with E-state index in [1.54, 1.807) is 43.5 Å². The Bertz CT molecular complexity index is 1360. The van der Waals surface area contributed by atoms with Crippen LogP contribution in [0.1, 0.15) is 53.1 Å². The van der Waals surface area contributed by atoms with Crippen LogP contribution >= 0.6 is 0 Å². The first kappa shape index (κ1) is 25.8. The fraction of sp³-hybridized carbons (Fsp3) is 0.241. The third-order valence-corrected chi connectivity index (χ3v) is 6.15. The normalized spacial score (nSPS) is 13.5. The first-order valence-electron chi connectivity index (χ1n) is 11.8. The van der Waals surface area contributed by atoms with Crippen LogP contribution in [-0.4, -0.2) is 32.7 Å². The van der Waals surface area contributed by atoms with E-state index in [0.29, 0.717) is 28.4 Å². The van der Waals surface area contributed by atoms with Crippen LogP contribution in [0, 0.1) is 5.82 Å². The fourth-order valence-electron chi connectivity index (χ4n) is 4.39. The molecule has 2 aromatic carbocycles. The summed E-state index contributed by atoms with van der Waals surface area (Å²) in [6.45, 7) is 4.11. The SMILES string of the molecule is CCOC(=O)c1c(OC)cc(/C=C2/C(C)=C(CC(=O)NCc3ccco3)c3cc(F)ccc32)cc1OC. The van der Waals surface area contributed by atoms with Crippen molar-refractivity contribution in [3.63, 3.8) is 0 Å². The number of carbonyl (C=O) groups is 2. The van der Waals surface area contributed by atoms with E-state index >= 15 is 0 Å². The van der Waals surface area contributed by atoms with Gasteiger partial charge in [-0.05, 0) is 89.7 Å². The molecule has 0 bridgehead atoms. The number of methoxy groups -OCH3 is 2. The van der Waals surface area contributed by atoms with E-state index in [9.17, 15) is 14.0 Å². The van der Waals surface area contributed by atoms with Gasteiger partial charge >= 0.3 is 5.97 Å². The Labute approximate surface area is 214 Å². The van der Waals surface area contributed by atoms with Crippen LogP contribution in [0.4, 0.5) is 4.39 Å². The molecule has 0 aliphatic heterocycles. The molecular weight excluding hydrogens is 477 g/mol. The molecule has 0 saturated heterocycles. The Balaban J connectivity index is 1.72. The molecule has 1 N–H and O–H groups in total. The van der Waals surface area contributed by atoms with Gasteiger partial charge in [-0.15, -0.1) is 0 Å². The minimum Gasteiger partial charge on any atom is -0.496 e. The number of ether oxygens (including phenoxy) is 3. The molecular formula is C29H28FNO6. The Morgan fingerprint density at radius 3 is 2.41 bits per heavy atom. The number of furan rings is 1. The molecule has 0 spiro atoms. The number of hydrogen-bond acceptors (Lipinski definition) is 6. The van der Waals surface area contributed by atoms with E-state index < -0.39 is 5.97 Å². The zero-order valence-corrected chi connectivity index (χ0v) is 21.1. The quantitative estimate of drug-likeness (QED) is 0.379. The van der Waals surface area contributed by atoms with Gasteiger partial charge < -0.3 is 23.9 Å². The Hall–Kier alpha value is -4.33. The molecule has 1 aliphatic rings. The summed E-state index contributed by atoms with van der Waals surface area (Å²) in [4.78, 5) is 25.2. The van der Waals surface area contributed by atoms with Crippen LogP contribution in [0.3, 0.4) is 0 Å². The Morgan fingerprint density at radius 2 is 1.78 bits per heavy atom. The summed E-state index contributed by atoms with van der Waals surface area (Å²) >= 11 is 0. The predicted molar refractivity (Wildman–Crippen MR) is 138 cm³/mol. The molecule has 8 heteroatoms. The summed E-state index contributed by atoms with van der Waals surface area (Å²) in [5, 5.41) is 2.84. The Kier molecular flexibility index (Phi) is 7.77. The zero-order valence-electron chi connectivity index (χ0n) is 21.1. The first-order valence-corrected chi connectivity index (χ1v) is 11.8. The van der Waals surface area contributed by atoms with Crippen molar-refractivity contribution in [2.45, 2.75) is 26.8 Å². The zero-order chi connectivity index (χ0) is 26.5. The number of hydrogen-bond donors (Lipinski definition) is 1. The maximum Gasteiger partial charge on any atom is 0.345 e. The highest BCUT2D eigenvalue weighted by Gasteiger charge is 2.27. The second kappa shape index (κ2) is 11.2. The van der Waals surface area contributed by atoms with Crippen molar-refractivity contribution < 1.29 is 32.6 Å². The van der Waals surface area contributed by atoms with E-state index in [1.165, 1.54) is 26.4 Å². The van der Waals surface area contributed by atoms with Gasteiger partial charge in [-0.25, -0.2) is 9.18 Å². The lowest BCUT2D eigenvalue weighted by Crippen LogP contribution is -2.22. The van der Waals surface area contributed by atoms with Gasteiger partial charge in [0.1, 0.15) is 28.6 Å². The number of esters is 1. The number of rotatable bonds is 9. The number of nitrogens with one attached hydrogen (secondary N) is 1. The molecule has 0 atom stereocenters. The number of benzene rings is 2. The van der Waals surface area contributed by atoms with Crippen LogP contribution in [-0.2, 0) is 16.1 Å². The van der Waals surface area contributed by atoms with Crippen LogP contribution in [0.5, 0.6) is 11.5 Å². The van der Waals surface area contributed by atoms with E-state index in [1.807, 2.05) is 13.0 Å². The standard InChI is InChI=1S/C29H28FNO6/c1-5-36-29(33)28-25(34-3)12-18(13-26(28)35-4)11-22-17(2)23(24-14-19(30)8-9-21(22)24)15-27(32)31-16-20-7-6-10-37-20/h6-14H,5,15-16H2,1-4H3,(H,31,32)/b22-11-. The topological polar surface area (TPSA) is 87.0 Å². The van der Waals surface area contributed by atoms with Crippen LogP contribution in [0.2, 0.25) is 0 Å². The number of carbonyl (C=O) groups excluding carboxylic acids is 2. The van der Waals surface area contributed by atoms with E-state index in [0.717, 1.165) is 22.3 Å². The highest BCUT2D eigenvalue weighted by Crippen LogP contribution is 2.44. The summed E-state index contributed by atoms with van der Waals surface area (Å²) in [6, 6.07) is 11.5. The van der Waals surface area contributed by atoms with Gasteiger partial charge in [-0.2, -0.15) is 0 Å². The first-order chi connectivity index (χ1) is 17.9. The van der Waals surface area contributed by atoms with Gasteiger partial charge in [0.2, 0.25) is 5.91 Å². The van der Waals surface area contributed by atoms with Crippen molar-refractivity contribution in [1.82, 2.24) is 5.32 Å². The molecule has 1 aliphatic carbocycles. The van der Waals surface area contributed by atoms with Gasteiger partial charge in [0.15, 0.2) is 0 Å². The number of allylic oxidation sites excluding steroid dienone is 2. The molecule has 1 amide bonds. The predicted octanol–water partition coefficient (Wildman–Crippen LogP) is 5.65. The highest BCUT2D eigenvalue weighted by atomic mass is 19.1. The minimum absolute atomic E-state index is 0.0781. The number of halogens is 1. The summed E-state index contributed by atoms with van der Waals surface area (Å²) in [5.41, 5.74) is 4.79. The molecule has 0 fully saturated rings. The lowest BCUT2D eigenvalue weighted by Gasteiger charge is -2.14.